The van der Waals surface area contributed by atoms with Crippen molar-refractivity contribution in [1.82, 2.24) is 4.90 Å². The van der Waals surface area contributed by atoms with Crippen molar-refractivity contribution in [2.45, 2.75) is 19.9 Å². The first-order valence-corrected chi connectivity index (χ1v) is 8.65. The summed E-state index contributed by atoms with van der Waals surface area (Å²) in [5, 5.41) is 2.86. The Morgan fingerprint density at radius 2 is 1.68 bits per heavy atom. The highest BCUT2D eigenvalue weighted by atomic mass is 19.1. The molecular weight excluding hydrogens is 317 g/mol. The maximum Gasteiger partial charge on any atom is 0.241 e. The standard InChI is InChI=1S/C20H24FN3O/c1-15-5-3-4-6-19(15)24-13-11-23(12-14-24)16(2)20(25)22-18-9-7-17(21)8-10-18/h3-10,16H,11-14H2,1-2H3,(H,22,25). The second kappa shape index (κ2) is 7.66. The number of anilines is 2. The molecule has 1 N–H and O–H groups in total. The Balaban J connectivity index is 1.56. The number of piperazine rings is 1. The number of hydrogen-bond acceptors (Lipinski definition) is 3. The summed E-state index contributed by atoms with van der Waals surface area (Å²) < 4.78 is 13.0. The molecule has 1 atom stereocenters. The fraction of sp³-hybridized carbons (Fsp3) is 0.350. The van der Waals surface area contributed by atoms with Crippen LogP contribution in [-0.2, 0) is 4.79 Å². The first-order chi connectivity index (χ1) is 12.0. The lowest BCUT2D eigenvalue weighted by Crippen LogP contribution is -2.53. The van der Waals surface area contributed by atoms with Gasteiger partial charge in [-0.2, -0.15) is 0 Å². The summed E-state index contributed by atoms with van der Waals surface area (Å²) in [6.45, 7) is 7.53. The Labute approximate surface area is 148 Å². The zero-order valence-corrected chi connectivity index (χ0v) is 14.7. The molecule has 0 aliphatic carbocycles. The van der Waals surface area contributed by atoms with Gasteiger partial charge in [-0.05, 0) is 49.7 Å². The molecule has 1 aliphatic rings. The average Bonchev–Trinajstić information content (AvgIpc) is 2.63. The molecule has 132 valence electrons. The van der Waals surface area contributed by atoms with Gasteiger partial charge in [-0.25, -0.2) is 4.39 Å². The second-order valence-corrected chi connectivity index (χ2v) is 6.48. The van der Waals surface area contributed by atoms with Crippen molar-refractivity contribution in [1.29, 1.82) is 0 Å². The van der Waals surface area contributed by atoms with Crippen molar-refractivity contribution in [3.8, 4) is 0 Å². The zero-order chi connectivity index (χ0) is 17.8. The zero-order valence-electron chi connectivity index (χ0n) is 14.7. The third-order valence-electron chi connectivity index (χ3n) is 4.81. The molecule has 25 heavy (non-hydrogen) atoms. The lowest BCUT2D eigenvalue weighted by molar-refractivity contribution is -0.120. The van der Waals surface area contributed by atoms with Crippen LogP contribution < -0.4 is 10.2 Å². The first-order valence-electron chi connectivity index (χ1n) is 8.65. The Morgan fingerprint density at radius 1 is 1.04 bits per heavy atom. The van der Waals surface area contributed by atoms with E-state index in [-0.39, 0.29) is 17.8 Å². The Morgan fingerprint density at radius 3 is 2.32 bits per heavy atom. The molecule has 1 amide bonds. The molecule has 3 rings (SSSR count). The van der Waals surface area contributed by atoms with Crippen molar-refractivity contribution in [3.63, 3.8) is 0 Å². The number of carbonyl (C=O) groups excluding carboxylic acids is 1. The summed E-state index contributed by atoms with van der Waals surface area (Å²) in [5.74, 6) is -0.366. The number of rotatable bonds is 4. The normalized spacial score (nSPS) is 16.5. The number of nitrogens with zero attached hydrogens (tertiary/aromatic N) is 2. The number of carbonyl (C=O) groups is 1. The lowest BCUT2D eigenvalue weighted by atomic mass is 10.1. The quantitative estimate of drug-likeness (QED) is 0.927. The van der Waals surface area contributed by atoms with Gasteiger partial charge in [0.1, 0.15) is 5.82 Å². The number of hydrogen-bond donors (Lipinski definition) is 1. The van der Waals surface area contributed by atoms with Gasteiger partial charge in [0.05, 0.1) is 6.04 Å². The van der Waals surface area contributed by atoms with Crippen molar-refractivity contribution in [2.24, 2.45) is 0 Å². The molecule has 0 bridgehead atoms. The number of amides is 1. The molecule has 0 radical (unpaired) electrons. The number of nitrogens with one attached hydrogen (secondary N) is 1. The van der Waals surface area contributed by atoms with Crippen LogP contribution in [0.4, 0.5) is 15.8 Å². The summed E-state index contributed by atoms with van der Waals surface area (Å²) >= 11 is 0. The van der Waals surface area contributed by atoms with Crippen LogP contribution in [-0.4, -0.2) is 43.0 Å². The van der Waals surface area contributed by atoms with E-state index in [4.69, 9.17) is 0 Å². The maximum atomic E-state index is 13.0. The number of para-hydroxylation sites is 1. The summed E-state index contributed by atoms with van der Waals surface area (Å²) in [6.07, 6.45) is 0. The highest BCUT2D eigenvalue weighted by Gasteiger charge is 2.26. The fourth-order valence-corrected chi connectivity index (χ4v) is 3.21. The minimum absolute atomic E-state index is 0.0593. The summed E-state index contributed by atoms with van der Waals surface area (Å²) in [7, 11) is 0. The second-order valence-electron chi connectivity index (χ2n) is 6.48. The molecule has 1 heterocycles. The van der Waals surface area contributed by atoms with Crippen molar-refractivity contribution >= 4 is 17.3 Å². The Bertz CT molecular complexity index is 724. The molecule has 2 aromatic rings. The van der Waals surface area contributed by atoms with Crippen LogP contribution in [0.1, 0.15) is 12.5 Å². The van der Waals surface area contributed by atoms with Gasteiger partial charge in [0.15, 0.2) is 0 Å². The van der Waals surface area contributed by atoms with Gasteiger partial charge >= 0.3 is 0 Å². The van der Waals surface area contributed by atoms with Gasteiger partial charge in [0.25, 0.3) is 0 Å². The van der Waals surface area contributed by atoms with E-state index in [1.54, 1.807) is 12.1 Å². The van der Waals surface area contributed by atoms with Crippen LogP contribution in [0, 0.1) is 12.7 Å². The van der Waals surface area contributed by atoms with Crippen molar-refractivity contribution < 1.29 is 9.18 Å². The fourth-order valence-electron chi connectivity index (χ4n) is 3.21. The lowest BCUT2D eigenvalue weighted by Gasteiger charge is -2.39. The van der Waals surface area contributed by atoms with E-state index in [1.165, 1.54) is 23.4 Å². The van der Waals surface area contributed by atoms with E-state index >= 15 is 0 Å². The monoisotopic (exact) mass is 341 g/mol. The molecule has 0 aromatic heterocycles. The van der Waals surface area contributed by atoms with Crippen LogP contribution in [0.25, 0.3) is 0 Å². The summed E-state index contributed by atoms with van der Waals surface area (Å²) in [5.41, 5.74) is 3.17. The summed E-state index contributed by atoms with van der Waals surface area (Å²) in [4.78, 5) is 17.0. The molecule has 0 saturated carbocycles. The van der Waals surface area contributed by atoms with Gasteiger partial charge < -0.3 is 10.2 Å². The van der Waals surface area contributed by atoms with Gasteiger partial charge in [0, 0.05) is 37.6 Å². The SMILES string of the molecule is Cc1ccccc1N1CCN(C(C)C(=O)Nc2ccc(F)cc2)CC1. The van der Waals surface area contributed by atoms with E-state index in [2.05, 4.69) is 46.3 Å². The minimum atomic E-state index is -0.307. The van der Waals surface area contributed by atoms with E-state index < -0.39 is 0 Å². The number of halogens is 1. The van der Waals surface area contributed by atoms with E-state index in [0.717, 1.165) is 26.2 Å². The highest BCUT2D eigenvalue weighted by Crippen LogP contribution is 2.21. The molecule has 1 fully saturated rings. The minimum Gasteiger partial charge on any atom is -0.369 e. The molecule has 1 unspecified atom stereocenters. The van der Waals surface area contributed by atoms with E-state index in [0.29, 0.717) is 5.69 Å². The molecule has 1 aliphatic heterocycles. The van der Waals surface area contributed by atoms with Gasteiger partial charge in [0.2, 0.25) is 5.91 Å². The smallest absolute Gasteiger partial charge is 0.241 e. The average molecular weight is 341 g/mol. The van der Waals surface area contributed by atoms with Gasteiger partial charge in [-0.3, -0.25) is 9.69 Å². The first kappa shape index (κ1) is 17.4. The molecular formula is C20H24FN3O. The van der Waals surface area contributed by atoms with Crippen LogP contribution in [0.2, 0.25) is 0 Å². The predicted octanol–water partition coefficient (Wildman–Crippen LogP) is 3.28. The molecule has 2 aromatic carbocycles. The Hall–Kier alpha value is -2.40. The largest absolute Gasteiger partial charge is 0.369 e. The summed E-state index contributed by atoms with van der Waals surface area (Å²) in [6, 6.07) is 14.0. The maximum absolute atomic E-state index is 13.0. The topological polar surface area (TPSA) is 35.6 Å². The molecule has 0 spiro atoms. The van der Waals surface area contributed by atoms with E-state index in [1.807, 2.05) is 6.92 Å². The van der Waals surface area contributed by atoms with Crippen LogP contribution in [0.5, 0.6) is 0 Å². The Kier molecular flexibility index (Phi) is 5.34. The van der Waals surface area contributed by atoms with Gasteiger partial charge in [-0.15, -0.1) is 0 Å². The van der Waals surface area contributed by atoms with Crippen LogP contribution in [0.3, 0.4) is 0 Å². The number of aryl methyl sites for hydroxylation is 1. The molecule has 1 saturated heterocycles. The third-order valence-corrected chi connectivity index (χ3v) is 4.81. The van der Waals surface area contributed by atoms with Crippen LogP contribution in [0.15, 0.2) is 48.5 Å². The van der Waals surface area contributed by atoms with Gasteiger partial charge in [-0.1, -0.05) is 18.2 Å². The number of benzene rings is 2. The molecule has 5 heteroatoms. The molecule has 4 nitrogen and oxygen atoms in total. The van der Waals surface area contributed by atoms with E-state index in [9.17, 15) is 9.18 Å². The highest BCUT2D eigenvalue weighted by molar-refractivity contribution is 5.94. The van der Waals surface area contributed by atoms with Crippen molar-refractivity contribution in [3.05, 3.63) is 59.9 Å². The van der Waals surface area contributed by atoms with Crippen LogP contribution >= 0.6 is 0 Å². The predicted molar refractivity (Wildman–Crippen MR) is 99.5 cm³/mol. The third kappa shape index (κ3) is 4.17. The van der Waals surface area contributed by atoms with Crippen molar-refractivity contribution in [2.75, 3.05) is 36.4 Å².